The maximum atomic E-state index is 12.3. The molecule has 5 N–H and O–H groups in total. The summed E-state index contributed by atoms with van der Waals surface area (Å²) in [5.41, 5.74) is -1.81. The number of allylic oxidation sites excluding steroid dienone is 2. The van der Waals surface area contributed by atoms with E-state index in [0.29, 0.717) is 25.2 Å². The first-order valence-corrected chi connectivity index (χ1v) is 14.1. The van der Waals surface area contributed by atoms with E-state index >= 15 is 0 Å². The fraction of sp³-hybridized carbons (Fsp3) is 0.900. The number of hydrogen-bond donors (Lipinski definition) is 5. The van der Waals surface area contributed by atoms with Crippen molar-refractivity contribution in [3.05, 3.63) is 11.6 Å². The Kier molecular flexibility index (Phi) is 5.86. The molecule has 6 heteroatoms. The first-order chi connectivity index (χ1) is 16.6. The lowest BCUT2D eigenvalue weighted by Gasteiger charge is -2.72. The van der Waals surface area contributed by atoms with Gasteiger partial charge in [-0.25, -0.2) is 0 Å². The van der Waals surface area contributed by atoms with E-state index in [-0.39, 0.29) is 34.7 Å². The molecule has 0 aromatic carbocycles. The van der Waals surface area contributed by atoms with Crippen molar-refractivity contribution in [3.63, 3.8) is 0 Å². The quantitative estimate of drug-likeness (QED) is 0.291. The predicted octanol–water partition coefficient (Wildman–Crippen LogP) is 3.23. The largest absolute Gasteiger partial charge is 0.396 e. The molecule has 0 aromatic rings. The topological polar surface area (TPSA) is 118 Å². The molecule has 36 heavy (non-hydrogen) atoms. The zero-order valence-corrected chi connectivity index (χ0v) is 23.0. The molecule has 5 aliphatic carbocycles. The number of carbonyl (C=O) groups is 1. The molecule has 0 aliphatic heterocycles. The summed E-state index contributed by atoms with van der Waals surface area (Å²) in [6, 6.07) is 0. The predicted molar refractivity (Wildman–Crippen MR) is 137 cm³/mol. The van der Waals surface area contributed by atoms with Crippen molar-refractivity contribution in [3.8, 4) is 0 Å². The van der Waals surface area contributed by atoms with Gasteiger partial charge in [-0.1, -0.05) is 53.2 Å². The van der Waals surface area contributed by atoms with Crippen molar-refractivity contribution in [1.29, 1.82) is 0 Å². The first kappa shape index (κ1) is 26.8. The van der Waals surface area contributed by atoms with Gasteiger partial charge in [0.05, 0.1) is 41.9 Å². The van der Waals surface area contributed by atoms with Crippen molar-refractivity contribution in [1.82, 2.24) is 0 Å². The molecule has 0 radical (unpaired) electrons. The summed E-state index contributed by atoms with van der Waals surface area (Å²) >= 11 is 0. The van der Waals surface area contributed by atoms with Crippen LogP contribution in [0.25, 0.3) is 0 Å². The lowest BCUT2D eigenvalue weighted by atomic mass is 9.33. The summed E-state index contributed by atoms with van der Waals surface area (Å²) in [5, 5.41) is 55.6. The Labute approximate surface area is 216 Å². The number of aldehydes is 1. The average molecular weight is 505 g/mol. The fourth-order valence-electron chi connectivity index (χ4n) is 10.8. The molecule has 0 heterocycles. The van der Waals surface area contributed by atoms with Gasteiger partial charge in [-0.3, -0.25) is 0 Å². The Morgan fingerprint density at radius 2 is 1.56 bits per heavy atom. The van der Waals surface area contributed by atoms with Crippen LogP contribution >= 0.6 is 0 Å². The lowest BCUT2D eigenvalue weighted by Crippen LogP contribution is -2.71. The normalized spacial score (nSPS) is 58.0. The Morgan fingerprint density at radius 3 is 2.17 bits per heavy atom. The smallest absolute Gasteiger partial charge is 0.128 e. The number of hydrogen-bond acceptors (Lipinski definition) is 6. The molecule has 0 unspecified atom stereocenters. The molecule has 0 saturated heterocycles. The van der Waals surface area contributed by atoms with Gasteiger partial charge in [-0.2, -0.15) is 0 Å². The third kappa shape index (κ3) is 2.89. The van der Waals surface area contributed by atoms with Crippen molar-refractivity contribution in [2.75, 3.05) is 6.61 Å². The Bertz CT molecular complexity index is 961. The van der Waals surface area contributed by atoms with Crippen LogP contribution in [0, 0.1) is 50.2 Å². The average Bonchev–Trinajstić information content (AvgIpc) is 2.81. The Morgan fingerprint density at radius 1 is 0.889 bits per heavy atom. The highest BCUT2D eigenvalue weighted by molar-refractivity contribution is 5.61. The van der Waals surface area contributed by atoms with Crippen molar-refractivity contribution >= 4 is 6.29 Å². The Hall–Kier alpha value is -0.790. The van der Waals surface area contributed by atoms with Crippen LogP contribution in [0.4, 0.5) is 0 Å². The van der Waals surface area contributed by atoms with Gasteiger partial charge in [0.25, 0.3) is 0 Å². The Balaban J connectivity index is 1.63. The molecular formula is C30H48O6. The van der Waals surface area contributed by atoms with Crippen LogP contribution in [-0.4, -0.2) is 62.8 Å². The summed E-state index contributed by atoms with van der Waals surface area (Å²) < 4.78 is 0. The minimum atomic E-state index is -1.20. The van der Waals surface area contributed by atoms with Gasteiger partial charge in [0, 0.05) is 0 Å². The third-order valence-corrected chi connectivity index (χ3v) is 13.4. The van der Waals surface area contributed by atoms with Crippen LogP contribution in [0.15, 0.2) is 11.6 Å². The number of aliphatic hydroxyl groups is 5. The molecule has 0 amide bonds. The molecule has 5 rings (SSSR count). The SMILES string of the molecule is CC1(C)C[C@@H]2C3=CC[C@@H]4[C@@]5(C)CC[C@H](O)[C@@](C)(C=O)[C@H]5CC[C@@]4(C)[C@]3(C)C[C@@H](O)[C@@]2(CO)[C@@H](O)[C@@H]1O. The van der Waals surface area contributed by atoms with Gasteiger partial charge in [-0.05, 0) is 84.4 Å². The van der Waals surface area contributed by atoms with Crippen LogP contribution in [0.3, 0.4) is 0 Å². The van der Waals surface area contributed by atoms with E-state index in [1.54, 1.807) is 0 Å². The van der Waals surface area contributed by atoms with E-state index in [2.05, 4.69) is 26.8 Å². The van der Waals surface area contributed by atoms with Crippen LogP contribution < -0.4 is 0 Å². The van der Waals surface area contributed by atoms with E-state index in [1.807, 2.05) is 20.8 Å². The molecule has 4 fully saturated rings. The molecule has 12 atom stereocenters. The minimum absolute atomic E-state index is 0.106. The van der Waals surface area contributed by atoms with Gasteiger partial charge in [-0.15, -0.1) is 0 Å². The van der Waals surface area contributed by atoms with Crippen LogP contribution in [0.1, 0.15) is 86.5 Å². The number of fused-ring (bicyclic) bond motifs is 7. The van der Waals surface area contributed by atoms with Crippen LogP contribution in [0.5, 0.6) is 0 Å². The molecule has 5 aliphatic rings. The van der Waals surface area contributed by atoms with Gasteiger partial charge in [0.2, 0.25) is 0 Å². The molecule has 0 bridgehead atoms. The van der Waals surface area contributed by atoms with E-state index in [4.69, 9.17) is 0 Å². The summed E-state index contributed by atoms with van der Waals surface area (Å²) in [6.07, 6.45) is 4.72. The van der Waals surface area contributed by atoms with Crippen molar-refractivity contribution in [2.24, 2.45) is 50.2 Å². The monoisotopic (exact) mass is 504 g/mol. The zero-order chi connectivity index (χ0) is 26.7. The second-order valence-electron chi connectivity index (χ2n) is 15.0. The lowest BCUT2D eigenvalue weighted by molar-refractivity contribution is -0.256. The van der Waals surface area contributed by atoms with E-state index in [0.717, 1.165) is 32.0 Å². The second kappa shape index (κ2) is 7.88. The number of aliphatic hydroxyl groups excluding tert-OH is 5. The third-order valence-electron chi connectivity index (χ3n) is 13.4. The standard InChI is InChI=1S/C30H48O6/c1-25(2)13-18-17-7-8-20-26(3)11-10-21(33)27(4,15-31)19(26)9-12-28(20,5)29(17,6)14-22(34)30(18,16-32)24(36)23(25)35/h7,15,18-24,32-36H,8-14,16H2,1-6H3/t18-,19+,20-,21+,22-,23+,24+,26+,27+,28-,29-,30+/m1/s1. The van der Waals surface area contributed by atoms with E-state index < -0.39 is 40.7 Å². The second-order valence-corrected chi connectivity index (χ2v) is 15.0. The highest BCUT2D eigenvalue weighted by Crippen LogP contribution is 2.75. The maximum absolute atomic E-state index is 12.3. The highest BCUT2D eigenvalue weighted by atomic mass is 16.3. The summed E-state index contributed by atoms with van der Waals surface area (Å²) in [6.45, 7) is 12.5. The molecular weight excluding hydrogens is 456 g/mol. The molecule has 4 saturated carbocycles. The number of carbonyl (C=O) groups excluding carboxylic acids is 1. The first-order valence-electron chi connectivity index (χ1n) is 14.1. The summed E-state index contributed by atoms with van der Waals surface area (Å²) in [5.74, 6) is 0.185. The highest BCUT2D eigenvalue weighted by Gasteiger charge is 2.72. The molecule has 0 aromatic heterocycles. The summed E-state index contributed by atoms with van der Waals surface area (Å²) in [7, 11) is 0. The molecule has 204 valence electrons. The van der Waals surface area contributed by atoms with Crippen LogP contribution in [-0.2, 0) is 4.79 Å². The maximum Gasteiger partial charge on any atom is 0.128 e. The van der Waals surface area contributed by atoms with Gasteiger partial charge < -0.3 is 30.3 Å². The van der Waals surface area contributed by atoms with Gasteiger partial charge in [0.15, 0.2) is 0 Å². The molecule has 0 spiro atoms. The fourth-order valence-corrected chi connectivity index (χ4v) is 10.8. The van der Waals surface area contributed by atoms with Gasteiger partial charge >= 0.3 is 0 Å². The van der Waals surface area contributed by atoms with Crippen molar-refractivity contribution in [2.45, 2.75) is 111 Å². The summed E-state index contributed by atoms with van der Waals surface area (Å²) in [4.78, 5) is 12.3. The van der Waals surface area contributed by atoms with E-state index in [9.17, 15) is 30.3 Å². The minimum Gasteiger partial charge on any atom is -0.396 e. The number of rotatable bonds is 2. The molecule has 6 nitrogen and oxygen atoms in total. The van der Waals surface area contributed by atoms with Gasteiger partial charge in [0.1, 0.15) is 6.29 Å². The van der Waals surface area contributed by atoms with Crippen LogP contribution in [0.2, 0.25) is 0 Å². The van der Waals surface area contributed by atoms with E-state index in [1.165, 1.54) is 5.57 Å². The van der Waals surface area contributed by atoms with Crippen molar-refractivity contribution < 1.29 is 30.3 Å². The zero-order valence-electron chi connectivity index (χ0n) is 23.0.